The van der Waals surface area contributed by atoms with Gasteiger partial charge >= 0.3 is 0 Å². The van der Waals surface area contributed by atoms with E-state index in [0.717, 1.165) is 13.1 Å². The number of rotatable bonds is 4. The average molecular weight is 270 g/mol. The predicted molar refractivity (Wildman–Crippen MR) is 70.6 cm³/mol. The molecular weight excluding hydrogens is 250 g/mol. The zero-order valence-corrected chi connectivity index (χ0v) is 11.6. The van der Waals surface area contributed by atoms with Gasteiger partial charge in [-0.25, -0.2) is 0 Å². The first-order valence-corrected chi connectivity index (χ1v) is 6.30. The summed E-state index contributed by atoms with van der Waals surface area (Å²) in [6.07, 6.45) is 0. The van der Waals surface area contributed by atoms with Gasteiger partial charge in [-0.3, -0.25) is 0 Å². The van der Waals surface area contributed by atoms with Crippen molar-refractivity contribution in [2.24, 2.45) is 0 Å². The molecule has 0 amide bonds. The lowest BCUT2D eigenvalue weighted by Gasteiger charge is -2.20. The van der Waals surface area contributed by atoms with Gasteiger partial charge in [0, 0.05) is 17.9 Å². The molecule has 0 radical (unpaired) electrons. The minimum Gasteiger partial charge on any atom is -0.301 e. The number of halogens is 1. The zero-order valence-electron chi connectivity index (χ0n) is 10.0. The van der Waals surface area contributed by atoms with E-state index in [1.54, 1.807) is 0 Å². The lowest BCUT2D eigenvalue weighted by molar-refractivity contribution is 0.331. The summed E-state index contributed by atoms with van der Waals surface area (Å²) in [5, 5.41) is 0. The molecule has 0 aliphatic heterocycles. The number of aryl methyl sites for hydroxylation is 2. The van der Waals surface area contributed by atoms with Crippen LogP contribution in [0, 0.1) is 13.8 Å². The second-order valence-electron chi connectivity index (χ2n) is 4.35. The SMILES string of the molecule is Cc1cccc(C)c1CN(C)CC(C)Br. The molecule has 2 heteroatoms. The van der Waals surface area contributed by atoms with E-state index in [1.807, 2.05) is 0 Å². The highest BCUT2D eigenvalue weighted by Crippen LogP contribution is 2.15. The largest absolute Gasteiger partial charge is 0.301 e. The van der Waals surface area contributed by atoms with Crippen LogP contribution in [0.4, 0.5) is 0 Å². The molecule has 1 unspecified atom stereocenters. The number of nitrogens with zero attached hydrogens (tertiary/aromatic N) is 1. The first-order chi connectivity index (χ1) is 7.00. The van der Waals surface area contributed by atoms with Crippen LogP contribution in [0.1, 0.15) is 23.6 Å². The maximum Gasteiger partial charge on any atom is 0.0244 e. The lowest BCUT2D eigenvalue weighted by Crippen LogP contribution is -2.24. The van der Waals surface area contributed by atoms with Crippen molar-refractivity contribution >= 4 is 15.9 Å². The molecule has 0 aromatic heterocycles. The Kier molecular flexibility index (Phi) is 4.81. The van der Waals surface area contributed by atoms with Crippen molar-refractivity contribution in [2.75, 3.05) is 13.6 Å². The van der Waals surface area contributed by atoms with Crippen LogP contribution in [0.25, 0.3) is 0 Å². The molecule has 0 fully saturated rings. The molecule has 1 aromatic carbocycles. The van der Waals surface area contributed by atoms with Crippen molar-refractivity contribution in [1.29, 1.82) is 0 Å². The summed E-state index contributed by atoms with van der Waals surface area (Å²) >= 11 is 3.58. The van der Waals surface area contributed by atoms with Gasteiger partial charge in [0.2, 0.25) is 0 Å². The molecule has 0 spiro atoms. The second-order valence-corrected chi connectivity index (χ2v) is 5.91. The average Bonchev–Trinajstić information content (AvgIpc) is 2.10. The number of alkyl halides is 1. The summed E-state index contributed by atoms with van der Waals surface area (Å²) in [4.78, 5) is 2.90. The van der Waals surface area contributed by atoms with Crippen molar-refractivity contribution in [2.45, 2.75) is 32.1 Å². The molecule has 1 nitrogen and oxygen atoms in total. The van der Waals surface area contributed by atoms with Crippen LogP contribution in [0.5, 0.6) is 0 Å². The Labute approximate surface area is 102 Å². The van der Waals surface area contributed by atoms with Gasteiger partial charge in [0.05, 0.1) is 0 Å². The van der Waals surface area contributed by atoms with Crippen LogP contribution in [-0.4, -0.2) is 23.3 Å². The molecular formula is C13H20BrN. The van der Waals surface area contributed by atoms with Crippen molar-refractivity contribution in [3.8, 4) is 0 Å². The van der Waals surface area contributed by atoms with E-state index < -0.39 is 0 Å². The van der Waals surface area contributed by atoms with Gasteiger partial charge in [-0.05, 0) is 37.6 Å². The lowest BCUT2D eigenvalue weighted by atomic mass is 10.0. The van der Waals surface area contributed by atoms with Crippen molar-refractivity contribution in [3.05, 3.63) is 34.9 Å². The predicted octanol–water partition coefficient (Wildman–Crippen LogP) is 3.52. The van der Waals surface area contributed by atoms with Gasteiger partial charge in [0.1, 0.15) is 0 Å². The molecule has 0 heterocycles. The highest BCUT2D eigenvalue weighted by atomic mass is 79.9. The van der Waals surface area contributed by atoms with Crippen molar-refractivity contribution in [1.82, 2.24) is 4.90 Å². The quantitative estimate of drug-likeness (QED) is 0.757. The summed E-state index contributed by atoms with van der Waals surface area (Å²) < 4.78 is 0. The monoisotopic (exact) mass is 269 g/mol. The minimum atomic E-state index is 0.548. The summed E-state index contributed by atoms with van der Waals surface area (Å²) in [5.41, 5.74) is 4.25. The Balaban J connectivity index is 2.71. The summed E-state index contributed by atoms with van der Waals surface area (Å²) in [6.45, 7) is 8.67. The van der Waals surface area contributed by atoms with Crippen LogP contribution < -0.4 is 0 Å². The Hall–Kier alpha value is -0.340. The van der Waals surface area contributed by atoms with E-state index in [2.05, 4.69) is 66.8 Å². The second kappa shape index (κ2) is 5.66. The van der Waals surface area contributed by atoms with Crippen molar-refractivity contribution < 1.29 is 0 Å². The van der Waals surface area contributed by atoms with Gasteiger partial charge in [0.25, 0.3) is 0 Å². The fraction of sp³-hybridized carbons (Fsp3) is 0.538. The minimum absolute atomic E-state index is 0.548. The van der Waals surface area contributed by atoms with Crippen molar-refractivity contribution in [3.63, 3.8) is 0 Å². The van der Waals surface area contributed by atoms with E-state index in [9.17, 15) is 0 Å². The van der Waals surface area contributed by atoms with E-state index in [1.165, 1.54) is 16.7 Å². The third kappa shape index (κ3) is 3.96. The van der Waals surface area contributed by atoms with E-state index in [4.69, 9.17) is 0 Å². The summed E-state index contributed by atoms with van der Waals surface area (Å²) in [6, 6.07) is 6.50. The normalized spacial score (nSPS) is 13.2. The third-order valence-electron chi connectivity index (χ3n) is 2.64. The Bertz CT molecular complexity index is 300. The van der Waals surface area contributed by atoms with Crippen LogP contribution in [0.15, 0.2) is 18.2 Å². The summed E-state index contributed by atoms with van der Waals surface area (Å²) in [5.74, 6) is 0. The highest BCUT2D eigenvalue weighted by Gasteiger charge is 2.07. The Morgan fingerprint density at radius 3 is 2.27 bits per heavy atom. The molecule has 0 aliphatic carbocycles. The summed E-state index contributed by atoms with van der Waals surface area (Å²) in [7, 11) is 2.17. The maximum absolute atomic E-state index is 3.58. The van der Waals surface area contributed by atoms with Crippen LogP contribution >= 0.6 is 15.9 Å². The molecule has 0 bridgehead atoms. The fourth-order valence-corrected chi connectivity index (χ4v) is 2.36. The molecule has 84 valence electrons. The first kappa shape index (κ1) is 12.7. The molecule has 15 heavy (non-hydrogen) atoms. The van der Waals surface area contributed by atoms with E-state index in [0.29, 0.717) is 4.83 Å². The highest BCUT2D eigenvalue weighted by molar-refractivity contribution is 9.09. The molecule has 1 rings (SSSR count). The number of hydrogen-bond donors (Lipinski definition) is 0. The first-order valence-electron chi connectivity index (χ1n) is 5.38. The van der Waals surface area contributed by atoms with Gasteiger partial charge in [0.15, 0.2) is 0 Å². The Morgan fingerprint density at radius 2 is 1.80 bits per heavy atom. The molecule has 0 saturated heterocycles. The van der Waals surface area contributed by atoms with Gasteiger partial charge in [-0.1, -0.05) is 41.1 Å². The molecule has 1 aromatic rings. The van der Waals surface area contributed by atoms with Gasteiger partial charge in [-0.2, -0.15) is 0 Å². The van der Waals surface area contributed by atoms with Gasteiger partial charge < -0.3 is 4.90 Å². The number of benzene rings is 1. The maximum atomic E-state index is 3.58. The standard InChI is InChI=1S/C13H20BrN/c1-10-6-5-7-11(2)13(10)9-15(4)8-12(3)14/h5-7,12H,8-9H2,1-4H3. The Morgan fingerprint density at radius 1 is 1.27 bits per heavy atom. The van der Waals surface area contributed by atoms with Gasteiger partial charge in [-0.15, -0.1) is 0 Å². The number of hydrogen-bond acceptors (Lipinski definition) is 1. The van der Waals surface area contributed by atoms with E-state index >= 15 is 0 Å². The molecule has 0 aliphatic rings. The van der Waals surface area contributed by atoms with Crippen LogP contribution in [0.3, 0.4) is 0 Å². The fourth-order valence-electron chi connectivity index (χ4n) is 1.86. The zero-order chi connectivity index (χ0) is 11.4. The molecule has 0 saturated carbocycles. The third-order valence-corrected chi connectivity index (χ3v) is 2.93. The topological polar surface area (TPSA) is 3.24 Å². The smallest absolute Gasteiger partial charge is 0.0244 e. The van der Waals surface area contributed by atoms with E-state index in [-0.39, 0.29) is 0 Å². The molecule has 1 atom stereocenters. The van der Waals surface area contributed by atoms with Crippen LogP contribution in [0.2, 0.25) is 0 Å². The molecule has 0 N–H and O–H groups in total. The van der Waals surface area contributed by atoms with Crippen LogP contribution in [-0.2, 0) is 6.54 Å².